The van der Waals surface area contributed by atoms with Gasteiger partial charge in [0.05, 0.1) is 0 Å². The first-order valence-electron chi connectivity index (χ1n) is 3.15. The zero-order valence-electron chi connectivity index (χ0n) is 4.68. The van der Waals surface area contributed by atoms with E-state index in [4.69, 9.17) is 0 Å². The predicted octanol–water partition coefficient (Wildman–Crippen LogP) is 0.142. The number of carbonyl (C=O) groups is 1. The van der Waals surface area contributed by atoms with Crippen molar-refractivity contribution in [2.24, 2.45) is 11.8 Å². The molecule has 0 aromatic heterocycles. The van der Waals surface area contributed by atoms with Gasteiger partial charge in [0.15, 0.2) is 0 Å². The SMILES string of the molecule is O=C1NCC2CCC12. The average Bonchev–Trinajstić information content (AvgIpc) is 1.80. The van der Waals surface area contributed by atoms with Gasteiger partial charge in [0, 0.05) is 12.5 Å². The highest BCUT2D eigenvalue weighted by Crippen LogP contribution is 2.37. The Balaban J connectivity index is 2.15. The molecule has 1 aliphatic heterocycles. The number of hydrogen-bond donors (Lipinski definition) is 1. The van der Waals surface area contributed by atoms with E-state index >= 15 is 0 Å². The van der Waals surface area contributed by atoms with Gasteiger partial charge < -0.3 is 5.32 Å². The first kappa shape index (κ1) is 4.36. The van der Waals surface area contributed by atoms with Crippen LogP contribution in [0.3, 0.4) is 0 Å². The van der Waals surface area contributed by atoms with Crippen LogP contribution in [0, 0.1) is 11.8 Å². The molecule has 2 rings (SSSR count). The zero-order valence-corrected chi connectivity index (χ0v) is 4.68. The van der Waals surface area contributed by atoms with E-state index in [1.54, 1.807) is 0 Å². The summed E-state index contributed by atoms with van der Waals surface area (Å²) in [6.07, 6.45) is 2.40. The number of nitrogens with one attached hydrogen (secondary N) is 1. The van der Waals surface area contributed by atoms with Gasteiger partial charge in [-0.1, -0.05) is 0 Å². The molecule has 1 aliphatic carbocycles. The maximum Gasteiger partial charge on any atom is 0.223 e. The molecule has 44 valence electrons. The fraction of sp³-hybridized carbons (Fsp3) is 0.833. The smallest absolute Gasteiger partial charge is 0.223 e. The van der Waals surface area contributed by atoms with E-state index in [1.807, 2.05) is 0 Å². The van der Waals surface area contributed by atoms with Crippen LogP contribution in [0.15, 0.2) is 0 Å². The fourth-order valence-corrected chi connectivity index (χ4v) is 1.52. The first-order chi connectivity index (χ1) is 3.88. The molecule has 2 unspecified atom stereocenters. The lowest BCUT2D eigenvalue weighted by molar-refractivity contribution is -0.124. The molecule has 0 aromatic rings. The number of amides is 1. The molecule has 1 saturated heterocycles. The van der Waals surface area contributed by atoms with Crippen LogP contribution in [-0.2, 0) is 4.79 Å². The molecule has 8 heavy (non-hydrogen) atoms. The van der Waals surface area contributed by atoms with Crippen molar-refractivity contribution >= 4 is 5.91 Å². The Labute approximate surface area is 48.3 Å². The summed E-state index contributed by atoms with van der Waals surface area (Å²) in [5.74, 6) is 1.42. The lowest BCUT2D eigenvalue weighted by Crippen LogP contribution is -2.26. The van der Waals surface area contributed by atoms with Gasteiger partial charge in [-0.2, -0.15) is 0 Å². The van der Waals surface area contributed by atoms with Crippen molar-refractivity contribution in [1.82, 2.24) is 5.32 Å². The number of fused-ring (bicyclic) bond motifs is 1. The highest BCUT2D eigenvalue weighted by Gasteiger charge is 2.41. The van der Waals surface area contributed by atoms with Crippen LogP contribution in [0.25, 0.3) is 0 Å². The highest BCUT2D eigenvalue weighted by atomic mass is 16.2. The van der Waals surface area contributed by atoms with Crippen molar-refractivity contribution in [2.45, 2.75) is 12.8 Å². The molecule has 2 atom stereocenters. The first-order valence-corrected chi connectivity index (χ1v) is 3.15. The van der Waals surface area contributed by atoms with Crippen LogP contribution < -0.4 is 5.32 Å². The molecule has 0 bridgehead atoms. The number of hydrogen-bond acceptors (Lipinski definition) is 1. The molecule has 1 heterocycles. The second-order valence-corrected chi connectivity index (χ2v) is 2.69. The van der Waals surface area contributed by atoms with Crippen LogP contribution >= 0.6 is 0 Å². The van der Waals surface area contributed by atoms with E-state index < -0.39 is 0 Å². The Morgan fingerprint density at radius 1 is 1.50 bits per heavy atom. The van der Waals surface area contributed by atoms with E-state index in [2.05, 4.69) is 5.32 Å². The van der Waals surface area contributed by atoms with Gasteiger partial charge in [-0.15, -0.1) is 0 Å². The molecular formula is C6H9NO. The Hall–Kier alpha value is -0.530. The largest absolute Gasteiger partial charge is 0.356 e. The van der Waals surface area contributed by atoms with Gasteiger partial charge in [-0.05, 0) is 18.8 Å². The quantitative estimate of drug-likeness (QED) is 0.473. The zero-order chi connectivity index (χ0) is 5.56. The van der Waals surface area contributed by atoms with E-state index in [0.717, 1.165) is 13.0 Å². The topological polar surface area (TPSA) is 29.1 Å². The van der Waals surface area contributed by atoms with Crippen molar-refractivity contribution in [3.05, 3.63) is 0 Å². The van der Waals surface area contributed by atoms with E-state index in [1.165, 1.54) is 6.42 Å². The summed E-state index contributed by atoms with van der Waals surface area (Å²) >= 11 is 0. The molecule has 1 saturated carbocycles. The van der Waals surface area contributed by atoms with Gasteiger partial charge in [-0.25, -0.2) is 0 Å². The third-order valence-electron chi connectivity index (χ3n) is 2.29. The summed E-state index contributed by atoms with van der Waals surface area (Å²) in [7, 11) is 0. The second kappa shape index (κ2) is 1.24. The van der Waals surface area contributed by atoms with Gasteiger partial charge in [-0.3, -0.25) is 4.79 Å². The van der Waals surface area contributed by atoms with Crippen LogP contribution in [0.5, 0.6) is 0 Å². The van der Waals surface area contributed by atoms with E-state index in [-0.39, 0.29) is 0 Å². The molecular weight excluding hydrogens is 102 g/mol. The van der Waals surface area contributed by atoms with Crippen LogP contribution in [0.2, 0.25) is 0 Å². The van der Waals surface area contributed by atoms with Crippen molar-refractivity contribution < 1.29 is 4.79 Å². The van der Waals surface area contributed by atoms with Gasteiger partial charge in [0.1, 0.15) is 0 Å². The minimum atomic E-state index is 0.293. The minimum Gasteiger partial charge on any atom is -0.356 e. The minimum absolute atomic E-state index is 0.293. The monoisotopic (exact) mass is 111 g/mol. The van der Waals surface area contributed by atoms with Crippen LogP contribution in [0.1, 0.15) is 12.8 Å². The molecule has 2 fully saturated rings. The number of carbonyl (C=O) groups excluding carboxylic acids is 1. The van der Waals surface area contributed by atoms with Crippen molar-refractivity contribution in [3.63, 3.8) is 0 Å². The molecule has 0 aromatic carbocycles. The summed E-state index contributed by atoms with van der Waals surface area (Å²) in [5.41, 5.74) is 0. The third-order valence-corrected chi connectivity index (χ3v) is 2.29. The Morgan fingerprint density at radius 3 is 2.62 bits per heavy atom. The van der Waals surface area contributed by atoms with Gasteiger partial charge >= 0.3 is 0 Å². The second-order valence-electron chi connectivity index (χ2n) is 2.69. The van der Waals surface area contributed by atoms with E-state index in [0.29, 0.717) is 17.7 Å². The molecule has 2 aliphatic rings. The van der Waals surface area contributed by atoms with Gasteiger partial charge in [0.2, 0.25) is 5.91 Å². The van der Waals surface area contributed by atoms with Gasteiger partial charge in [0.25, 0.3) is 0 Å². The van der Waals surface area contributed by atoms with Crippen LogP contribution in [0.4, 0.5) is 0 Å². The molecule has 1 N–H and O–H groups in total. The highest BCUT2D eigenvalue weighted by molar-refractivity contribution is 5.82. The average molecular weight is 111 g/mol. The Morgan fingerprint density at radius 2 is 2.38 bits per heavy atom. The maximum atomic E-state index is 10.7. The van der Waals surface area contributed by atoms with E-state index in [9.17, 15) is 4.79 Å². The fourth-order valence-electron chi connectivity index (χ4n) is 1.52. The summed E-state index contributed by atoms with van der Waals surface area (Å²) < 4.78 is 0. The van der Waals surface area contributed by atoms with Crippen molar-refractivity contribution in [1.29, 1.82) is 0 Å². The maximum absolute atomic E-state index is 10.7. The van der Waals surface area contributed by atoms with Crippen LogP contribution in [-0.4, -0.2) is 12.5 Å². The summed E-state index contributed by atoms with van der Waals surface area (Å²) in [6, 6.07) is 0. The molecule has 2 nitrogen and oxygen atoms in total. The van der Waals surface area contributed by atoms with Crippen molar-refractivity contribution in [2.75, 3.05) is 6.54 Å². The molecule has 0 spiro atoms. The molecule has 2 heteroatoms. The summed E-state index contributed by atoms with van der Waals surface area (Å²) in [4.78, 5) is 10.7. The lowest BCUT2D eigenvalue weighted by Gasteiger charge is -2.25. The number of rotatable bonds is 0. The molecule has 1 amide bonds. The summed E-state index contributed by atoms with van der Waals surface area (Å²) in [5, 5.41) is 2.84. The lowest BCUT2D eigenvalue weighted by atomic mass is 9.76. The molecule has 0 radical (unpaired) electrons. The predicted molar refractivity (Wildman–Crippen MR) is 29.2 cm³/mol. The normalized spacial score (nSPS) is 42.8. The Bertz CT molecular complexity index is 132. The van der Waals surface area contributed by atoms with Crippen molar-refractivity contribution in [3.8, 4) is 0 Å². The summed E-state index contributed by atoms with van der Waals surface area (Å²) in [6.45, 7) is 0.948. The standard InChI is InChI=1S/C6H9NO/c8-6-5-2-1-4(5)3-7-6/h4-5H,1-3H2,(H,7,8). The Kier molecular flexibility index (Phi) is 0.678. The third kappa shape index (κ3) is 0.358.